The van der Waals surface area contributed by atoms with Crippen molar-refractivity contribution in [2.75, 3.05) is 0 Å². The van der Waals surface area contributed by atoms with Crippen LogP contribution in [0.15, 0.2) is 36.4 Å². The Morgan fingerprint density at radius 1 is 1.00 bits per heavy atom. The van der Waals surface area contributed by atoms with Gasteiger partial charge in [-0.15, -0.1) is 0 Å². The smallest absolute Gasteiger partial charge is 0.130 e. The van der Waals surface area contributed by atoms with Gasteiger partial charge in [0.05, 0.1) is 6.10 Å². The molecule has 0 aliphatic heterocycles. The van der Waals surface area contributed by atoms with E-state index >= 15 is 0 Å². The van der Waals surface area contributed by atoms with Gasteiger partial charge < -0.3 is 5.11 Å². The zero-order valence-corrected chi connectivity index (χ0v) is 10.5. The van der Waals surface area contributed by atoms with Crippen LogP contribution < -0.4 is 0 Å². The fraction of sp³-hybridized carbons (Fsp3) is 0.143. The summed E-state index contributed by atoms with van der Waals surface area (Å²) in [5.41, 5.74) is -0.0186. The number of halogens is 4. The maximum Gasteiger partial charge on any atom is 0.130 e. The second-order valence-electron chi connectivity index (χ2n) is 4.12. The van der Waals surface area contributed by atoms with E-state index in [2.05, 4.69) is 0 Å². The Morgan fingerprint density at radius 2 is 1.74 bits per heavy atom. The second kappa shape index (κ2) is 5.63. The van der Waals surface area contributed by atoms with E-state index in [1.807, 2.05) is 0 Å². The van der Waals surface area contributed by atoms with Crippen LogP contribution in [0.1, 0.15) is 17.2 Å². The fourth-order valence-corrected chi connectivity index (χ4v) is 1.95. The lowest BCUT2D eigenvalue weighted by Gasteiger charge is -2.13. The first-order valence-electron chi connectivity index (χ1n) is 5.54. The van der Waals surface area contributed by atoms with Crippen molar-refractivity contribution in [3.63, 3.8) is 0 Å². The van der Waals surface area contributed by atoms with Crippen molar-refractivity contribution in [1.82, 2.24) is 0 Å². The zero-order valence-electron chi connectivity index (χ0n) is 9.71. The molecule has 0 radical (unpaired) electrons. The van der Waals surface area contributed by atoms with Gasteiger partial charge in [-0.1, -0.05) is 17.7 Å². The van der Waals surface area contributed by atoms with E-state index in [9.17, 15) is 18.3 Å². The lowest BCUT2D eigenvalue weighted by atomic mass is 10.0. The molecule has 1 atom stereocenters. The van der Waals surface area contributed by atoms with Crippen molar-refractivity contribution in [1.29, 1.82) is 0 Å². The lowest BCUT2D eigenvalue weighted by molar-refractivity contribution is 0.172. The Kier molecular flexibility index (Phi) is 4.12. The lowest BCUT2D eigenvalue weighted by Crippen LogP contribution is -2.06. The molecule has 0 amide bonds. The zero-order chi connectivity index (χ0) is 14.0. The van der Waals surface area contributed by atoms with E-state index in [0.717, 1.165) is 24.3 Å². The molecular weight excluding hydrogens is 277 g/mol. The topological polar surface area (TPSA) is 20.2 Å². The Hall–Kier alpha value is -1.52. The molecule has 5 heteroatoms. The van der Waals surface area contributed by atoms with Crippen LogP contribution in [0, 0.1) is 17.5 Å². The third kappa shape index (κ3) is 3.28. The molecule has 0 fully saturated rings. The first-order valence-corrected chi connectivity index (χ1v) is 5.92. The maximum atomic E-state index is 13.6. The van der Waals surface area contributed by atoms with Crippen LogP contribution in [0.3, 0.4) is 0 Å². The van der Waals surface area contributed by atoms with Gasteiger partial charge in [-0.2, -0.15) is 0 Å². The summed E-state index contributed by atoms with van der Waals surface area (Å²) in [6, 6.07) is 6.72. The molecule has 0 bridgehead atoms. The Bertz CT molecular complexity index is 601. The highest BCUT2D eigenvalue weighted by atomic mass is 35.5. The van der Waals surface area contributed by atoms with Crippen LogP contribution in [-0.2, 0) is 6.42 Å². The average Bonchev–Trinajstić information content (AvgIpc) is 2.33. The summed E-state index contributed by atoms with van der Waals surface area (Å²) < 4.78 is 40.0. The number of hydrogen-bond acceptors (Lipinski definition) is 1. The predicted octanol–water partition coefficient (Wildman–Crippen LogP) is 4.03. The van der Waals surface area contributed by atoms with E-state index in [0.29, 0.717) is 0 Å². The number of aliphatic hydroxyl groups is 1. The van der Waals surface area contributed by atoms with Gasteiger partial charge in [0, 0.05) is 17.0 Å². The molecule has 0 heterocycles. The number of benzene rings is 2. The van der Waals surface area contributed by atoms with E-state index in [1.54, 1.807) is 0 Å². The Balaban J connectivity index is 2.25. The average molecular weight is 287 g/mol. The van der Waals surface area contributed by atoms with Crippen LogP contribution in [-0.4, -0.2) is 5.11 Å². The summed E-state index contributed by atoms with van der Waals surface area (Å²) in [5, 5.41) is 10.1. The van der Waals surface area contributed by atoms with Gasteiger partial charge in [-0.05, 0) is 35.9 Å². The first kappa shape index (κ1) is 13.9. The van der Waals surface area contributed by atoms with Crippen LogP contribution in [0.25, 0.3) is 0 Å². The maximum absolute atomic E-state index is 13.6. The van der Waals surface area contributed by atoms with Gasteiger partial charge in [0.25, 0.3) is 0 Å². The normalized spacial score (nSPS) is 12.5. The van der Waals surface area contributed by atoms with Gasteiger partial charge in [-0.25, -0.2) is 13.2 Å². The van der Waals surface area contributed by atoms with Gasteiger partial charge in [0.1, 0.15) is 17.5 Å². The number of aliphatic hydroxyl groups excluding tert-OH is 1. The predicted molar refractivity (Wildman–Crippen MR) is 66.4 cm³/mol. The summed E-state index contributed by atoms with van der Waals surface area (Å²) in [7, 11) is 0. The molecule has 1 N–H and O–H groups in total. The van der Waals surface area contributed by atoms with Gasteiger partial charge in [0.15, 0.2) is 0 Å². The minimum absolute atomic E-state index is 0.00642. The van der Waals surface area contributed by atoms with E-state index in [-0.39, 0.29) is 22.6 Å². The molecule has 2 aromatic carbocycles. The monoisotopic (exact) mass is 286 g/mol. The molecular formula is C14H10ClF3O. The third-order valence-electron chi connectivity index (χ3n) is 2.74. The van der Waals surface area contributed by atoms with Crippen molar-refractivity contribution in [2.24, 2.45) is 0 Å². The largest absolute Gasteiger partial charge is 0.388 e. The standard InChI is InChI=1S/C14H10ClF3O/c15-9-1-3-11(13(18)7-9)14(19)6-8-5-10(16)2-4-12(8)17/h1-5,7,14,19H,6H2. The molecule has 2 rings (SSSR count). The highest BCUT2D eigenvalue weighted by molar-refractivity contribution is 6.30. The van der Waals surface area contributed by atoms with Crippen molar-refractivity contribution in [3.8, 4) is 0 Å². The Labute approximate surface area is 113 Å². The third-order valence-corrected chi connectivity index (χ3v) is 2.98. The second-order valence-corrected chi connectivity index (χ2v) is 4.56. The van der Waals surface area contributed by atoms with Crippen molar-refractivity contribution < 1.29 is 18.3 Å². The highest BCUT2D eigenvalue weighted by Gasteiger charge is 2.16. The van der Waals surface area contributed by atoms with Gasteiger partial charge in [-0.3, -0.25) is 0 Å². The Morgan fingerprint density at radius 3 is 2.42 bits per heavy atom. The minimum Gasteiger partial charge on any atom is -0.388 e. The molecule has 1 unspecified atom stereocenters. The molecule has 0 spiro atoms. The molecule has 0 aliphatic carbocycles. The van der Waals surface area contributed by atoms with Crippen LogP contribution in [0.5, 0.6) is 0 Å². The molecule has 0 aromatic heterocycles. The molecule has 2 aromatic rings. The van der Waals surface area contributed by atoms with Crippen molar-refractivity contribution in [2.45, 2.75) is 12.5 Å². The van der Waals surface area contributed by atoms with Gasteiger partial charge in [0.2, 0.25) is 0 Å². The van der Waals surface area contributed by atoms with Crippen molar-refractivity contribution in [3.05, 3.63) is 70.0 Å². The number of rotatable bonds is 3. The summed E-state index contributed by atoms with van der Waals surface area (Å²) >= 11 is 5.60. The van der Waals surface area contributed by atoms with E-state index in [4.69, 9.17) is 11.6 Å². The summed E-state index contributed by atoms with van der Waals surface area (Å²) in [5.74, 6) is -1.94. The molecule has 0 aliphatic rings. The SMILES string of the molecule is OC(Cc1cc(F)ccc1F)c1ccc(Cl)cc1F. The number of hydrogen-bond donors (Lipinski definition) is 1. The van der Waals surface area contributed by atoms with Gasteiger partial charge >= 0.3 is 0 Å². The van der Waals surface area contributed by atoms with Crippen molar-refractivity contribution >= 4 is 11.6 Å². The van der Waals surface area contributed by atoms with E-state index < -0.39 is 23.6 Å². The van der Waals surface area contributed by atoms with Crippen LogP contribution in [0.4, 0.5) is 13.2 Å². The quantitative estimate of drug-likeness (QED) is 0.903. The minimum atomic E-state index is -1.27. The highest BCUT2D eigenvalue weighted by Crippen LogP contribution is 2.25. The first-order chi connectivity index (χ1) is 8.97. The fourth-order valence-electron chi connectivity index (χ4n) is 1.79. The molecule has 19 heavy (non-hydrogen) atoms. The molecule has 0 saturated carbocycles. The van der Waals surface area contributed by atoms with E-state index in [1.165, 1.54) is 12.1 Å². The summed E-state index contributed by atoms with van der Waals surface area (Å²) in [6.07, 6.45) is -1.49. The van der Waals surface area contributed by atoms with Crippen LogP contribution >= 0.6 is 11.6 Å². The molecule has 100 valence electrons. The summed E-state index contributed by atoms with van der Waals surface area (Å²) in [6.45, 7) is 0. The van der Waals surface area contributed by atoms with Crippen LogP contribution in [0.2, 0.25) is 5.02 Å². The molecule has 0 saturated heterocycles. The summed E-state index contributed by atoms with van der Waals surface area (Å²) in [4.78, 5) is 0. The molecule has 1 nitrogen and oxygen atoms in total.